The first kappa shape index (κ1) is 14.4. The fourth-order valence-electron chi connectivity index (χ4n) is 4.25. The number of primary amides is 1. The molecule has 3 rings (SSSR count). The van der Waals surface area contributed by atoms with Gasteiger partial charge < -0.3 is 16.0 Å². The first-order valence-corrected chi connectivity index (χ1v) is 7.97. The van der Waals surface area contributed by atoms with Crippen LogP contribution in [0.25, 0.3) is 0 Å². The van der Waals surface area contributed by atoms with Gasteiger partial charge in [-0.3, -0.25) is 14.4 Å². The monoisotopic (exact) mass is 293 g/mol. The summed E-state index contributed by atoms with van der Waals surface area (Å²) in [5.41, 5.74) is 5.55. The Hall–Kier alpha value is -1.59. The highest BCUT2D eigenvalue weighted by atomic mass is 16.2. The number of likely N-dealkylation sites (tertiary alicyclic amines) is 1. The lowest BCUT2D eigenvalue weighted by Crippen LogP contribution is -2.53. The molecule has 1 saturated carbocycles. The van der Waals surface area contributed by atoms with Crippen LogP contribution < -0.4 is 11.1 Å². The largest absolute Gasteiger partial charge is 0.368 e. The average Bonchev–Trinajstić information content (AvgIpc) is 2.94. The number of nitrogens with one attached hydrogen (secondary N) is 1. The van der Waals surface area contributed by atoms with Crippen molar-refractivity contribution < 1.29 is 14.4 Å². The number of carbonyl (C=O) groups excluding carboxylic acids is 3. The van der Waals surface area contributed by atoms with Crippen LogP contribution in [-0.2, 0) is 14.4 Å². The summed E-state index contributed by atoms with van der Waals surface area (Å²) in [6.45, 7) is 0.615. The van der Waals surface area contributed by atoms with Crippen molar-refractivity contribution in [2.75, 3.05) is 6.54 Å². The van der Waals surface area contributed by atoms with Crippen LogP contribution in [-0.4, -0.2) is 41.2 Å². The number of nitrogens with two attached hydrogens (primary N) is 1. The molecule has 3 N–H and O–H groups in total. The van der Waals surface area contributed by atoms with Crippen molar-refractivity contribution in [3.63, 3.8) is 0 Å². The van der Waals surface area contributed by atoms with Gasteiger partial charge in [-0.05, 0) is 37.5 Å². The minimum Gasteiger partial charge on any atom is -0.368 e. The third-order valence-corrected chi connectivity index (χ3v) is 5.24. The molecular formula is C15H23N3O3. The highest BCUT2D eigenvalue weighted by Gasteiger charge is 2.49. The molecule has 0 aromatic rings. The molecule has 4 atom stereocenters. The van der Waals surface area contributed by atoms with Crippen LogP contribution in [0.2, 0.25) is 0 Å². The second-order valence-corrected chi connectivity index (χ2v) is 6.56. The second-order valence-electron chi connectivity index (χ2n) is 6.56. The predicted octanol–water partition coefficient (Wildman–Crippen LogP) is 0.158. The summed E-state index contributed by atoms with van der Waals surface area (Å²) < 4.78 is 0. The Morgan fingerprint density at radius 2 is 1.95 bits per heavy atom. The van der Waals surface area contributed by atoms with Crippen molar-refractivity contribution in [1.29, 1.82) is 0 Å². The Morgan fingerprint density at radius 1 is 1.14 bits per heavy atom. The molecule has 3 aliphatic rings. The zero-order valence-electron chi connectivity index (χ0n) is 12.2. The van der Waals surface area contributed by atoms with Gasteiger partial charge in [0.1, 0.15) is 12.1 Å². The van der Waals surface area contributed by atoms with Crippen molar-refractivity contribution >= 4 is 17.7 Å². The standard InChI is InChI=1S/C15H23N3O3/c16-14(20)13-10-5-3-4-9(10)8-18(13)15(21)11-6-1-2-7-12(19)17-11/h9-11,13H,1-8H2,(H2,16,20)(H,17,19)/t9-,10-,11-,13+/m1/s1. The van der Waals surface area contributed by atoms with E-state index in [1.807, 2.05) is 0 Å². The first-order chi connectivity index (χ1) is 10.1. The predicted molar refractivity (Wildman–Crippen MR) is 75.9 cm³/mol. The third-order valence-electron chi connectivity index (χ3n) is 5.24. The summed E-state index contributed by atoms with van der Waals surface area (Å²) in [4.78, 5) is 37.9. The summed E-state index contributed by atoms with van der Waals surface area (Å²) in [5.74, 6) is 0.0165. The van der Waals surface area contributed by atoms with E-state index in [1.165, 1.54) is 0 Å². The second kappa shape index (κ2) is 5.66. The Balaban J connectivity index is 1.76. The number of carbonyl (C=O) groups is 3. The van der Waals surface area contributed by atoms with Gasteiger partial charge in [0.2, 0.25) is 17.7 Å². The fourth-order valence-corrected chi connectivity index (χ4v) is 4.25. The average molecular weight is 293 g/mol. The lowest BCUT2D eigenvalue weighted by atomic mass is 9.93. The molecule has 3 fully saturated rings. The molecule has 2 aliphatic heterocycles. The zero-order valence-corrected chi connectivity index (χ0v) is 12.2. The van der Waals surface area contributed by atoms with Crippen molar-refractivity contribution in [2.24, 2.45) is 17.6 Å². The molecule has 2 heterocycles. The quantitative estimate of drug-likeness (QED) is 0.759. The number of hydrogen-bond donors (Lipinski definition) is 2. The Bertz CT molecular complexity index is 465. The Labute approximate surface area is 124 Å². The van der Waals surface area contributed by atoms with Gasteiger partial charge in [0.25, 0.3) is 0 Å². The SMILES string of the molecule is NC(=O)[C@@H]1[C@@H]2CCC[C@@H]2CN1C(=O)[C@H]1CCCCC(=O)N1. The number of hydrogen-bond acceptors (Lipinski definition) is 3. The summed E-state index contributed by atoms with van der Waals surface area (Å²) in [6.07, 6.45) is 5.96. The van der Waals surface area contributed by atoms with Gasteiger partial charge in [-0.15, -0.1) is 0 Å². The van der Waals surface area contributed by atoms with E-state index >= 15 is 0 Å². The van der Waals surface area contributed by atoms with Crippen LogP contribution in [0.1, 0.15) is 44.9 Å². The molecule has 6 heteroatoms. The van der Waals surface area contributed by atoms with Gasteiger partial charge in [-0.25, -0.2) is 0 Å². The van der Waals surface area contributed by atoms with E-state index in [-0.39, 0.29) is 17.7 Å². The smallest absolute Gasteiger partial charge is 0.245 e. The Kier molecular flexibility index (Phi) is 3.87. The van der Waals surface area contributed by atoms with Crippen molar-refractivity contribution in [3.8, 4) is 0 Å². The van der Waals surface area contributed by atoms with Gasteiger partial charge >= 0.3 is 0 Å². The molecule has 0 spiro atoms. The van der Waals surface area contributed by atoms with Gasteiger partial charge in [0.05, 0.1) is 0 Å². The number of amides is 3. The maximum absolute atomic E-state index is 12.7. The van der Waals surface area contributed by atoms with E-state index in [9.17, 15) is 14.4 Å². The molecule has 0 bridgehead atoms. The molecule has 116 valence electrons. The van der Waals surface area contributed by atoms with E-state index in [0.717, 1.165) is 32.1 Å². The third kappa shape index (κ3) is 2.63. The molecular weight excluding hydrogens is 270 g/mol. The molecule has 0 aromatic carbocycles. The van der Waals surface area contributed by atoms with Crippen molar-refractivity contribution in [3.05, 3.63) is 0 Å². The first-order valence-electron chi connectivity index (χ1n) is 7.97. The van der Waals surface area contributed by atoms with Gasteiger partial charge in [-0.1, -0.05) is 12.8 Å². The number of fused-ring (bicyclic) bond motifs is 1. The summed E-state index contributed by atoms with van der Waals surface area (Å²) in [6, 6.07) is -0.967. The Morgan fingerprint density at radius 3 is 2.71 bits per heavy atom. The summed E-state index contributed by atoms with van der Waals surface area (Å²) in [7, 11) is 0. The maximum Gasteiger partial charge on any atom is 0.245 e. The van der Waals surface area contributed by atoms with Crippen LogP contribution in [0.15, 0.2) is 0 Å². The summed E-state index contributed by atoms with van der Waals surface area (Å²) >= 11 is 0. The van der Waals surface area contributed by atoms with Gasteiger partial charge in [-0.2, -0.15) is 0 Å². The van der Waals surface area contributed by atoms with Crippen molar-refractivity contribution in [1.82, 2.24) is 10.2 Å². The lowest BCUT2D eigenvalue weighted by Gasteiger charge is -2.29. The van der Waals surface area contributed by atoms with E-state index in [1.54, 1.807) is 4.90 Å². The normalized spacial score (nSPS) is 36.0. The van der Waals surface area contributed by atoms with Crippen LogP contribution in [0.5, 0.6) is 0 Å². The molecule has 0 unspecified atom stereocenters. The van der Waals surface area contributed by atoms with Gasteiger partial charge in [0, 0.05) is 13.0 Å². The molecule has 21 heavy (non-hydrogen) atoms. The van der Waals surface area contributed by atoms with Crippen molar-refractivity contribution in [2.45, 2.75) is 57.0 Å². The molecule has 2 saturated heterocycles. The summed E-state index contributed by atoms with van der Waals surface area (Å²) in [5, 5.41) is 2.80. The molecule has 0 aromatic heterocycles. The minimum atomic E-state index is -0.485. The molecule has 3 amide bonds. The van der Waals surface area contributed by atoms with E-state index in [4.69, 9.17) is 5.73 Å². The van der Waals surface area contributed by atoms with Gasteiger partial charge in [0.15, 0.2) is 0 Å². The minimum absolute atomic E-state index is 0.0686. The highest BCUT2D eigenvalue weighted by molar-refractivity contribution is 5.92. The topological polar surface area (TPSA) is 92.5 Å². The van der Waals surface area contributed by atoms with E-state index < -0.39 is 18.0 Å². The number of rotatable bonds is 2. The molecule has 1 aliphatic carbocycles. The van der Waals surface area contributed by atoms with Crippen LogP contribution in [0.3, 0.4) is 0 Å². The fraction of sp³-hybridized carbons (Fsp3) is 0.800. The number of nitrogens with zero attached hydrogens (tertiary/aromatic N) is 1. The highest BCUT2D eigenvalue weighted by Crippen LogP contribution is 2.42. The van der Waals surface area contributed by atoms with Crippen LogP contribution >= 0.6 is 0 Å². The van der Waals surface area contributed by atoms with Crippen LogP contribution in [0.4, 0.5) is 0 Å². The van der Waals surface area contributed by atoms with E-state index in [2.05, 4.69) is 5.32 Å². The zero-order chi connectivity index (χ0) is 15.0. The molecule has 6 nitrogen and oxygen atoms in total. The maximum atomic E-state index is 12.7. The lowest BCUT2D eigenvalue weighted by molar-refractivity contribution is -0.141. The van der Waals surface area contributed by atoms with E-state index in [0.29, 0.717) is 25.3 Å². The van der Waals surface area contributed by atoms with Crippen LogP contribution in [0, 0.1) is 11.8 Å². The molecule has 0 radical (unpaired) electrons.